The van der Waals surface area contributed by atoms with Crippen molar-refractivity contribution in [2.24, 2.45) is 17.6 Å². The fourth-order valence-electron chi connectivity index (χ4n) is 6.16. The second-order valence-electron chi connectivity index (χ2n) is 10.7. The third kappa shape index (κ3) is 7.86. The normalized spacial score (nSPS) is 22.8. The van der Waals surface area contributed by atoms with Gasteiger partial charge in [0.25, 0.3) is 0 Å². The number of nitrogen functional groups attached to an aromatic ring is 1. The predicted molar refractivity (Wildman–Crippen MR) is 155 cm³/mol. The molecule has 2 aliphatic carbocycles. The van der Waals surface area contributed by atoms with Crippen LogP contribution in [0.3, 0.4) is 0 Å². The largest absolute Gasteiger partial charge is 0.465 e. The molecule has 1 heterocycles. The van der Waals surface area contributed by atoms with Crippen LogP contribution >= 0.6 is 24.8 Å². The smallest absolute Gasteiger partial charge is 0.319 e. The van der Waals surface area contributed by atoms with Crippen LogP contribution in [0.1, 0.15) is 75.8 Å². The molecule has 5 N–H and O–H groups in total. The van der Waals surface area contributed by atoms with E-state index in [4.69, 9.17) is 15.9 Å². The lowest BCUT2D eigenvalue weighted by Gasteiger charge is -2.38. The summed E-state index contributed by atoms with van der Waals surface area (Å²) in [6, 6.07) is 6.73. The first kappa shape index (κ1) is 32.8. The van der Waals surface area contributed by atoms with Crippen molar-refractivity contribution in [2.75, 3.05) is 19.7 Å². The fourth-order valence-corrected chi connectivity index (χ4v) is 6.16. The number of nitrogens with one attached hydrogen (secondary N) is 3. The first-order chi connectivity index (χ1) is 17.8. The van der Waals surface area contributed by atoms with Gasteiger partial charge in [0.1, 0.15) is 11.4 Å². The monoisotopic (exact) mass is 583 g/mol. The van der Waals surface area contributed by atoms with E-state index in [2.05, 4.69) is 10.6 Å². The highest BCUT2D eigenvalue weighted by Crippen LogP contribution is 2.54. The predicted octanol–water partition coefficient (Wildman–Crippen LogP) is 3.30. The number of esters is 1. The maximum absolute atomic E-state index is 14.0. The number of carbonyl (C=O) groups excluding carboxylic acids is 3. The number of rotatable bonds is 11. The summed E-state index contributed by atoms with van der Waals surface area (Å²) in [5, 5.41) is 13.8. The lowest BCUT2D eigenvalue weighted by atomic mass is 9.84. The molecule has 0 spiro atoms. The fraction of sp³-hybridized carbons (Fsp3) is 0.643. The number of fused-ring (bicyclic) bond motifs is 1. The third-order valence-corrected chi connectivity index (χ3v) is 8.26. The molecule has 0 unspecified atom stereocenters. The Morgan fingerprint density at radius 3 is 2.44 bits per heavy atom. The summed E-state index contributed by atoms with van der Waals surface area (Å²) < 4.78 is 5.08. The van der Waals surface area contributed by atoms with Crippen molar-refractivity contribution in [3.63, 3.8) is 0 Å². The van der Waals surface area contributed by atoms with Crippen molar-refractivity contribution in [1.82, 2.24) is 15.5 Å². The SMILES string of the molecule is CCOC(=O)CN[C@H](CC1CCCCC1)C(=O)N1CCC[C@@H]2C[C@@]21C(=O)NCc1ccc(C(=N)N)cc1.Cl.Cl. The minimum Gasteiger partial charge on any atom is -0.465 e. The van der Waals surface area contributed by atoms with Crippen LogP contribution in [0.2, 0.25) is 0 Å². The Kier molecular flexibility index (Phi) is 12.5. The Bertz CT molecular complexity index is 1000. The van der Waals surface area contributed by atoms with Crippen LogP contribution in [0, 0.1) is 17.2 Å². The van der Waals surface area contributed by atoms with Gasteiger partial charge in [0.05, 0.1) is 19.2 Å². The highest BCUT2D eigenvalue weighted by atomic mass is 35.5. The molecule has 3 fully saturated rings. The molecule has 0 aromatic heterocycles. The van der Waals surface area contributed by atoms with E-state index in [-0.39, 0.29) is 60.9 Å². The summed E-state index contributed by atoms with van der Waals surface area (Å²) in [4.78, 5) is 41.4. The molecule has 4 rings (SSSR count). The number of hydrogen-bond donors (Lipinski definition) is 4. The molecule has 1 aromatic carbocycles. The molecule has 1 aliphatic heterocycles. The molecular weight excluding hydrogens is 541 g/mol. The van der Waals surface area contributed by atoms with Crippen LogP contribution in [-0.4, -0.2) is 59.8 Å². The lowest BCUT2D eigenvalue weighted by molar-refractivity contribution is -0.147. The van der Waals surface area contributed by atoms with Gasteiger partial charge < -0.3 is 20.7 Å². The topological polar surface area (TPSA) is 138 Å². The molecule has 1 aromatic rings. The van der Waals surface area contributed by atoms with E-state index in [9.17, 15) is 14.4 Å². The average molecular weight is 585 g/mol. The summed E-state index contributed by atoms with van der Waals surface area (Å²) in [5.41, 5.74) is 6.28. The van der Waals surface area contributed by atoms with Crippen LogP contribution in [0.25, 0.3) is 0 Å². The van der Waals surface area contributed by atoms with Gasteiger partial charge >= 0.3 is 5.97 Å². The molecule has 9 nitrogen and oxygen atoms in total. The first-order valence-electron chi connectivity index (χ1n) is 13.8. The van der Waals surface area contributed by atoms with Crippen molar-refractivity contribution < 1.29 is 19.1 Å². The summed E-state index contributed by atoms with van der Waals surface area (Å²) in [6.45, 7) is 2.96. The number of piperidine rings is 1. The Morgan fingerprint density at radius 1 is 1.10 bits per heavy atom. The van der Waals surface area contributed by atoms with Crippen LogP contribution in [0.5, 0.6) is 0 Å². The minimum atomic E-state index is -0.801. The summed E-state index contributed by atoms with van der Waals surface area (Å²) in [7, 11) is 0. The maximum atomic E-state index is 14.0. The maximum Gasteiger partial charge on any atom is 0.319 e. The molecule has 39 heavy (non-hydrogen) atoms. The second-order valence-corrected chi connectivity index (χ2v) is 10.7. The summed E-state index contributed by atoms with van der Waals surface area (Å²) >= 11 is 0. The number of halogens is 2. The van der Waals surface area contributed by atoms with Gasteiger partial charge in [-0.1, -0.05) is 56.4 Å². The molecule has 2 saturated carbocycles. The Morgan fingerprint density at radius 2 is 1.79 bits per heavy atom. The number of amidine groups is 1. The number of likely N-dealkylation sites (tertiary alicyclic amines) is 1. The molecule has 218 valence electrons. The van der Waals surface area contributed by atoms with Gasteiger partial charge in [-0.3, -0.25) is 25.1 Å². The van der Waals surface area contributed by atoms with E-state index in [0.717, 1.165) is 31.2 Å². The molecular formula is C28H43Cl2N5O4. The molecule has 0 bridgehead atoms. The Labute approximate surface area is 243 Å². The van der Waals surface area contributed by atoms with Crippen LogP contribution < -0.4 is 16.4 Å². The van der Waals surface area contributed by atoms with E-state index in [1.165, 1.54) is 19.3 Å². The number of carbonyl (C=O) groups is 3. The average Bonchev–Trinajstić information content (AvgIpc) is 3.66. The number of nitrogens with zero attached hydrogens (tertiary/aromatic N) is 1. The van der Waals surface area contributed by atoms with Gasteiger partial charge in [-0.05, 0) is 50.0 Å². The zero-order chi connectivity index (χ0) is 26.4. The molecule has 0 radical (unpaired) electrons. The van der Waals surface area contributed by atoms with E-state index < -0.39 is 11.6 Å². The molecule has 11 heteroatoms. The zero-order valence-electron chi connectivity index (χ0n) is 22.7. The van der Waals surface area contributed by atoms with E-state index >= 15 is 0 Å². The van der Waals surface area contributed by atoms with Gasteiger partial charge in [0.2, 0.25) is 11.8 Å². The minimum absolute atomic E-state index is 0. The summed E-state index contributed by atoms with van der Waals surface area (Å²) in [5.74, 6) is 0.0767. The van der Waals surface area contributed by atoms with Crippen LogP contribution in [-0.2, 0) is 25.7 Å². The quantitative estimate of drug-likeness (QED) is 0.179. The highest BCUT2D eigenvalue weighted by molar-refractivity contribution is 5.97. The van der Waals surface area contributed by atoms with Crippen LogP contribution in [0.4, 0.5) is 0 Å². The lowest BCUT2D eigenvalue weighted by Crippen LogP contribution is -2.59. The second kappa shape index (κ2) is 14.9. The highest BCUT2D eigenvalue weighted by Gasteiger charge is 2.66. The van der Waals surface area contributed by atoms with Gasteiger partial charge in [0, 0.05) is 18.7 Å². The Hall–Kier alpha value is -2.36. The zero-order valence-corrected chi connectivity index (χ0v) is 24.3. The van der Waals surface area contributed by atoms with Gasteiger partial charge in [-0.15, -0.1) is 24.8 Å². The van der Waals surface area contributed by atoms with Gasteiger partial charge in [0.15, 0.2) is 0 Å². The molecule has 3 aliphatic rings. The molecule has 2 amide bonds. The van der Waals surface area contributed by atoms with E-state index in [1.807, 2.05) is 12.1 Å². The number of benzene rings is 1. The van der Waals surface area contributed by atoms with Crippen molar-refractivity contribution >= 4 is 48.4 Å². The van der Waals surface area contributed by atoms with E-state index in [0.29, 0.717) is 44.0 Å². The van der Waals surface area contributed by atoms with Crippen molar-refractivity contribution in [3.8, 4) is 0 Å². The number of ether oxygens (including phenoxy) is 1. The molecule has 1 saturated heterocycles. The number of amides is 2. The first-order valence-corrected chi connectivity index (χ1v) is 13.8. The van der Waals surface area contributed by atoms with Gasteiger partial charge in [-0.2, -0.15) is 0 Å². The van der Waals surface area contributed by atoms with Crippen molar-refractivity contribution in [2.45, 2.75) is 82.8 Å². The van der Waals surface area contributed by atoms with E-state index in [1.54, 1.807) is 24.0 Å². The van der Waals surface area contributed by atoms with Crippen molar-refractivity contribution in [3.05, 3.63) is 35.4 Å². The Balaban J connectivity index is 0.00000267. The van der Waals surface area contributed by atoms with Gasteiger partial charge in [-0.25, -0.2) is 0 Å². The number of hydrogen-bond acceptors (Lipinski definition) is 6. The molecule has 3 atom stereocenters. The summed E-state index contributed by atoms with van der Waals surface area (Å²) in [6.07, 6.45) is 8.97. The number of nitrogens with two attached hydrogens (primary N) is 1. The standard InChI is InChI=1S/C28H41N5O4.2ClH/c1-2-37-24(34)18-31-23(15-19-7-4-3-5-8-19)26(35)33-14-6-9-22-16-28(22,33)27(36)32-17-20-10-12-21(13-11-20)25(29)30;;/h10-13,19,22-23,31H,2-9,14-18H2,1H3,(H3,29,30)(H,32,36);2*1H/t22-,23-,28+;;/m1../s1. The third-order valence-electron chi connectivity index (χ3n) is 8.26. The van der Waals surface area contributed by atoms with Crippen molar-refractivity contribution in [1.29, 1.82) is 5.41 Å². The van der Waals surface area contributed by atoms with Crippen LogP contribution in [0.15, 0.2) is 24.3 Å².